The summed E-state index contributed by atoms with van der Waals surface area (Å²) in [4.78, 5) is 0. The average molecular weight is 265 g/mol. The number of methoxy groups -OCH3 is 1. The number of benzene rings is 1. The van der Waals surface area contributed by atoms with Crippen molar-refractivity contribution in [2.24, 2.45) is 0 Å². The molecule has 3 nitrogen and oxygen atoms in total. The zero-order valence-electron chi connectivity index (χ0n) is 12.8. The fourth-order valence-electron chi connectivity index (χ4n) is 2.10. The SMILES string of the molecule is CCOc1ccccc1C(CCC(C)(C)OC)NC. The van der Waals surface area contributed by atoms with E-state index in [1.54, 1.807) is 7.11 Å². The van der Waals surface area contributed by atoms with Gasteiger partial charge in [0.15, 0.2) is 0 Å². The van der Waals surface area contributed by atoms with Crippen LogP contribution in [0.15, 0.2) is 24.3 Å². The summed E-state index contributed by atoms with van der Waals surface area (Å²) in [5.74, 6) is 0.972. The Morgan fingerprint density at radius 2 is 1.95 bits per heavy atom. The molecule has 0 aliphatic carbocycles. The molecule has 1 N–H and O–H groups in total. The molecule has 0 aliphatic rings. The molecule has 108 valence electrons. The Balaban J connectivity index is 2.79. The zero-order valence-corrected chi connectivity index (χ0v) is 12.8. The Kier molecular flexibility index (Phi) is 6.32. The van der Waals surface area contributed by atoms with Gasteiger partial charge < -0.3 is 14.8 Å². The molecule has 0 bridgehead atoms. The lowest BCUT2D eigenvalue weighted by molar-refractivity contribution is 0.0118. The molecule has 0 aliphatic heterocycles. The van der Waals surface area contributed by atoms with Crippen LogP contribution in [-0.4, -0.2) is 26.4 Å². The number of hydrogen-bond acceptors (Lipinski definition) is 3. The van der Waals surface area contributed by atoms with Crippen molar-refractivity contribution in [3.8, 4) is 5.75 Å². The van der Waals surface area contributed by atoms with Crippen LogP contribution in [-0.2, 0) is 4.74 Å². The van der Waals surface area contributed by atoms with Gasteiger partial charge in [-0.05, 0) is 46.7 Å². The van der Waals surface area contributed by atoms with Crippen molar-refractivity contribution in [2.75, 3.05) is 20.8 Å². The van der Waals surface area contributed by atoms with Crippen LogP contribution in [0, 0.1) is 0 Å². The van der Waals surface area contributed by atoms with Gasteiger partial charge in [-0.25, -0.2) is 0 Å². The minimum absolute atomic E-state index is 0.0876. The normalized spacial score (nSPS) is 13.3. The summed E-state index contributed by atoms with van der Waals surface area (Å²) in [6.07, 6.45) is 2.01. The standard InChI is InChI=1S/C16H27NO2/c1-6-19-15-10-8-7-9-13(15)14(17-4)11-12-16(2,3)18-5/h7-10,14,17H,6,11-12H2,1-5H3. The molecular formula is C16H27NO2. The van der Waals surface area contributed by atoms with Gasteiger partial charge in [-0.3, -0.25) is 0 Å². The highest BCUT2D eigenvalue weighted by molar-refractivity contribution is 5.35. The lowest BCUT2D eigenvalue weighted by Crippen LogP contribution is -2.26. The van der Waals surface area contributed by atoms with Crippen molar-refractivity contribution in [3.05, 3.63) is 29.8 Å². The third-order valence-electron chi connectivity index (χ3n) is 3.53. The molecule has 1 aromatic carbocycles. The van der Waals surface area contributed by atoms with Crippen molar-refractivity contribution in [2.45, 2.75) is 45.3 Å². The summed E-state index contributed by atoms with van der Waals surface area (Å²) in [5.41, 5.74) is 1.13. The largest absolute Gasteiger partial charge is 0.494 e. The molecule has 1 unspecified atom stereocenters. The number of para-hydroxylation sites is 1. The van der Waals surface area contributed by atoms with Gasteiger partial charge in [-0.2, -0.15) is 0 Å². The molecule has 0 spiro atoms. The van der Waals surface area contributed by atoms with E-state index >= 15 is 0 Å². The predicted octanol–water partition coefficient (Wildman–Crippen LogP) is 3.55. The highest BCUT2D eigenvalue weighted by Gasteiger charge is 2.21. The van der Waals surface area contributed by atoms with E-state index in [0.717, 1.165) is 18.6 Å². The topological polar surface area (TPSA) is 30.5 Å². The van der Waals surface area contributed by atoms with Crippen molar-refractivity contribution < 1.29 is 9.47 Å². The van der Waals surface area contributed by atoms with E-state index in [1.807, 2.05) is 26.1 Å². The van der Waals surface area contributed by atoms with E-state index in [9.17, 15) is 0 Å². The first-order chi connectivity index (χ1) is 9.04. The van der Waals surface area contributed by atoms with E-state index in [4.69, 9.17) is 9.47 Å². The first-order valence-corrected chi connectivity index (χ1v) is 6.98. The molecule has 0 amide bonds. The van der Waals surface area contributed by atoms with E-state index < -0.39 is 0 Å². The predicted molar refractivity (Wildman–Crippen MR) is 79.7 cm³/mol. The maximum Gasteiger partial charge on any atom is 0.124 e. The van der Waals surface area contributed by atoms with Crippen LogP contribution >= 0.6 is 0 Å². The molecule has 1 rings (SSSR count). The van der Waals surface area contributed by atoms with Crippen molar-refractivity contribution in [1.82, 2.24) is 5.32 Å². The smallest absolute Gasteiger partial charge is 0.124 e. The molecule has 0 saturated heterocycles. The Bertz CT molecular complexity index is 377. The molecule has 0 aromatic heterocycles. The first kappa shape index (κ1) is 16.0. The van der Waals surface area contributed by atoms with Crippen molar-refractivity contribution in [3.63, 3.8) is 0 Å². The lowest BCUT2D eigenvalue weighted by Gasteiger charge is -2.26. The summed E-state index contributed by atoms with van der Waals surface area (Å²) >= 11 is 0. The second-order valence-corrected chi connectivity index (χ2v) is 5.31. The fraction of sp³-hybridized carbons (Fsp3) is 0.625. The van der Waals surface area contributed by atoms with Gasteiger partial charge in [-0.15, -0.1) is 0 Å². The summed E-state index contributed by atoms with van der Waals surface area (Å²) in [6, 6.07) is 8.53. The molecule has 0 radical (unpaired) electrons. The van der Waals surface area contributed by atoms with E-state index in [2.05, 4.69) is 31.3 Å². The van der Waals surface area contributed by atoms with Gasteiger partial charge in [0.25, 0.3) is 0 Å². The number of hydrogen-bond donors (Lipinski definition) is 1. The molecule has 0 heterocycles. The maximum absolute atomic E-state index is 5.71. The summed E-state index contributed by atoms with van der Waals surface area (Å²) in [5, 5.41) is 3.38. The third-order valence-corrected chi connectivity index (χ3v) is 3.53. The minimum Gasteiger partial charge on any atom is -0.494 e. The Morgan fingerprint density at radius 3 is 2.53 bits per heavy atom. The fourth-order valence-corrected chi connectivity index (χ4v) is 2.10. The average Bonchev–Trinajstić information content (AvgIpc) is 2.41. The van der Waals surface area contributed by atoms with Crippen LogP contribution in [0.2, 0.25) is 0 Å². The number of ether oxygens (including phenoxy) is 2. The molecule has 19 heavy (non-hydrogen) atoms. The molecular weight excluding hydrogens is 238 g/mol. The van der Waals surface area contributed by atoms with Gasteiger partial charge in [0.1, 0.15) is 5.75 Å². The molecule has 1 atom stereocenters. The third kappa shape index (κ3) is 4.84. The molecule has 0 fully saturated rings. The van der Waals surface area contributed by atoms with Crippen LogP contribution in [0.4, 0.5) is 0 Å². The highest BCUT2D eigenvalue weighted by Crippen LogP contribution is 2.30. The van der Waals surface area contributed by atoms with Crippen molar-refractivity contribution >= 4 is 0 Å². The lowest BCUT2D eigenvalue weighted by atomic mass is 9.94. The Labute approximate surface area is 117 Å². The number of nitrogens with one attached hydrogen (secondary N) is 1. The first-order valence-electron chi connectivity index (χ1n) is 6.98. The van der Waals surface area contributed by atoms with Crippen LogP contribution in [0.1, 0.15) is 45.2 Å². The Hall–Kier alpha value is -1.06. The minimum atomic E-state index is -0.0876. The highest BCUT2D eigenvalue weighted by atomic mass is 16.5. The zero-order chi connectivity index (χ0) is 14.3. The number of rotatable bonds is 8. The van der Waals surface area contributed by atoms with Gasteiger partial charge >= 0.3 is 0 Å². The summed E-state index contributed by atoms with van der Waals surface area (Å²) in [6.45, 7) is 6.94. The second-order valence-electron chi connectivity index (χ2n) is 5.31. The quantitative estimate of drug-likeness (QED) is 0.779. The van der Waals surface area contributed by atoms with E-state index in [1.165, 1.54) is 5.56 Å². The van der Waals surface area contributed by atoms with Crippen LogP contribution in [0.3, 0.4) is 0 Å². The molecule has 0 saturated carbocycles. The summed E-state index contributed by atoms with van der Waals surface area (Å²) < 4.78 is 11.2. The Morgan fingerprint density at radius 1 is 1.26 bits per heavy atom. The van der Waals surface area contributed by atoms with Gasteiger partial charge in [0.2, 0.25) is 0 Å². The van der Waals surface area contributed by atoms with Crippen molar-refractivity contribution in [1.29, 1.82) is 0 Å². The van der Waals surface area contributed by atoms with Gasteiger partial charge in [0.05, 0.1) is 12.2 Å². The van der Waals surface area contributed by atoms with Crippen LogP contribution in [0.25, 0.3) is 0 Å². The molecule has 3 heteroatoms. The van der Waals surface area contributed by atoms with E-state index in [0.29, 0.717) is 6.61 Å². The second kappa shape index (κ2) is 7.51. The van der Waals surface area contributed by atoms with E-state index in [-0.39, 0.29) is 11.6 Å². The van der Waals surface area contributed by atoms with Gasteiger partial charge in [0, 0.05) is 18.7 Å². The maximum atomic E-state index is 5.71. The summed E-state index contributed by atoms with van der Waals surface area (Å²) in [7, 11) is 3.76. The van der Waals surface area contributed by atoms with Crippen LogP contribution in [0.5, 0.6) is 5.75 Å². The molecule has 1 aromatic rings. The monoisotopic (exact) mass is 265 g/mol. The van der Waals surface area contributed by atoms with Crippen LogP contribution < -0.4 is 10.1 Å². The van der Waals surface area contributed by atoms with Gasteiger partial charge in [-0.1, -0.05) is 18.2 Å².